The van der Waals surface area contributed by atoms with Gasteiger partial charge in [0.1, 0.15) is 11.5 Å². The molecule has 0 spiro atoms. The van der Waals surface area contributed by atoms with Crippen LogP contribution in [0.25, 0.3) is 0 Å². The average molecular weight is 444 g/mol. The zero-order valence-corrected chi connectivity index (χ0v) is 18.6. The van der Waals surface area contributed by atoms with Crippen molar-refractivity contribution in [3.05, 3.63) is 59.1 Å². The van der Waals surface area contributed by atoms with Gasteiger partial charge in [-0.2, -0.15) is 0 Å². The van der Waals surface area contributed by atoms with Crippen molar-refractivity contribution in [2.75, 3.05) is 18.1 Å². The van der Waals surface area contributed by atoms with E-state index >= 15 is 0 Å². The smallest absolute Gasteiger partial charge is 0.187 e. The van der Waals surface area contributed by atoms with Gasteiger partial charge in [-0.3, -0.25) is 0 Å². The number of nitrogens with zero attached hydrogens (tertiary/aromatic N) is 1. The summed E-state index contributed by atoms with van der Waals surface area (Å²) in [5.74, 6) is 1.39. The van der Waals surface area contributed by atoms with Crippen LogP contribution >= 0.6 is 11.3 Å². The van der Waals surface area contributed by atoms with Crippen LogP contribution in [0.1, 0.15) is 23.3 Å². The monoisotopic (exact) mass is 443 g/mol. The highest BCUT2D eigenvalue weighted by atomic mass is 32.2. The van der Waals surface area contributed by atoms with Crippen molar-refractivity contribution in [3.8, 4) is 11.5 Å². The minimum absolute atomic E-state index is 0.281. The van der Waals surface area contributed by atoms with E-state index in [0.29, 0.717) is 11.8 Å². The average Bonchev–Trinajstić information content (AvgIpc) is 3.35. The molecule has 1 aliphatic rings. The van der Waals surface area contributed by atoms with Crippen LogP contribution in [-0.2, 0) is 16.3 Å². The Morgan fingerprint density at radius 3 is 2.67 bits per heavy atom. The first-order valence-corrected chi connectivity index (χ1v) is 12.6. The van der Waals surface area contributed by atoms with E-state index in [0.717, 1.165) is 46.4 Å². The molecule has 1 unspecified atom stereocenters. The number of rotatable bonds is 7. The Hall–Kier alpha value is -2.42. The van der Waals surface area contributed by atoms with Crippen molar-refractivity contribution in [1.82, 2.24) is 10.3 Å². The topological polar surface area (TPSA) is 80.3 Å². The Kier molecular flexibility index (Phi) is 6.08. The zero-order chi connectivity index (χ0) is 21.1. The first-order chi connectivity index (χ1) is 14.4. The Morgan fingerprint density at radius 1 is 1.23 bits per heavy atom. The molecule has 3 aromatic rings. The number of ether oxygens (including phenoxy) is 1. The molecular weight excluding hydrogens is 418 g/mol. The molecule has 2 aromatic carbocycles. The Morgan fingerprint density at radius 2 is 2.03 bits per heavy atom. The maximum absolute atomic E-state index is 11.7. The molecule has 1 aliphatic heterocycles. The van der Waals surface area contributed by atoms with Gasteiger partial charge >= 0.3 is 0 Å². The number of hydrogen-bond acceptors (Lipinski definition) is 7. The quantitative estimate of drug-likeness (QED) is 0.552. The number of thiazole rings is 1. The van der Waals surface area contributed by atoms with Crippen LogP contribution in [0.15, 0.2) is 53.6 Å². The van der Waals surface area contributed by atoms with Gasteiger partial charge < -0.3 is 15.4 Å². The summed E-state index contributed by atoms with van der Waals surface area (Å²) in [6.45, 7) is 3.08. The molecule has 0 aliphatic carbocycles. The second-order valence-corrected chi connectivity index (χ2v) is 10.8. The Bertz CT molecular complexity index is 1120. The summed E-state index contributed by atoms with van der Waals surface area (Å²) in [5, 5.41) is 7.77. The van der Waals surface area contributed by atoms with Crippen LogP contribution in [0.4, 0.5) is 10.8 Å². The number of aryl methyl sites for hydroxylation is 1. The predicted octanol–water partition coefficient (Wildman–Crippen LogP) is 4.69. The minimum Gasteiger partial charge on any atom is -0.457 e. The summed E-state index contributed by atoms with van der Waals surface area (Å²) in [5.41, 5.74) is 2.07. The molecule has 158 valence electrons. The third-order valence-corrected chi connectivity index (χ3v) is 7.00. The van der Waals surface area contributed by atoms with Crippen molar-refractivity contribution >= 4 is 32.0 Å². The lowest BCUT2D eigenvalue weighted by Crippen LogP contribution is -2.23. The van der Waals surface area contributed by atoms with E-state index in [1.165, 1.54) is 12.7 Å². The summed E-state index contributed by atoms with van der Waals surface area (Å²) in [7, 11) is -3.23. The number of nitrogens with one attached hydrogen (secondary N) is 2. The number of benzene rings is 2. The first kappa shape index (κ1) is 20.8. The van der Waals surface area contributed by atoms with Crippen LogP contribution < -0.4 is 15.4 Å². The molecular formula is C22H25N3O3S2. The van der Waals surface area contributed by atoms with Gasteiger partial charge in [0.2, 0.25) is 0 Å². The van der Waals surface area contributed by atoms with Gasteiger partial charge in [-0.1, -0.05) is 0 Å². The molecule has 8 heteroatoms. The molecule has 0 radical (unpaired) electrons. The van der Waals surface area contributed by atoms with E-state index in [-0.39, 0.29) is 4.90 Å². The Labute approximate surface area is 181 Å². The highest BCUT2D eigenvalue weighted by Crippen LogP contribution is 2.32. The van der Waals surface area contributed by atoms with Crippen molar-refractivity contribution in [2.24, 2.45) is 0 Å². The fourth-order valence-corrected chi connectivity index (χ4v) is 4.85. The van der Waals surface area contributed by atoms with Gasteiger partial charge in [-0.15, -0.1) is 11.3 Å². The molecule has 1 atom stereocenters. The third-order valence-electron chi connectivity index (χ3n) is 5.04. The van der Waals surface area contributed by atoms with Gasteiger partial charge in [0.25, 0.3) is 0 Å². The number of hydrogen-bond donors (Lipinski definition) is 2. The molecule has 4 rings (SSSR count). The standard InChI is InChI=1S/C22H25N3O3S2/c1-15-14-24-22(29-15)25-18-5-10-21(16(13-18)12-17-4-3-11-23-17)28-19-6-8-20(9-7-19)30(2,26)27/h5-10,13-14,17,23H,3-4,11-12H2,1-2H3,(H,24,25). The summed E-state index contributed by atoms with van der Waals surface area (Å²) < 4.78 is 29.5. The molecule has 2 heterocycles. The summed E-state index contributed by atoms with van der Waals surface area (Å²) >= 11 is 1.62. The lowest BCUT2D eigenvalue weighted by molar-refractivity contribution is 0.470. The molecule has 0 amide bonds. The molecule has 1 aromatic heterocycles. The van der Waals surface area contributed by atoms with Crippen molar-refractivity contribution in [1.29, 1.82) is 0 Å². The van der Waals surface area contributed by atoms with E-state index in [2.05, 4.69) is 21.7 Å². The second kappa shape index (κ2) is 8.75. The van der Waals surface area contributed by atoms with Crippen LogP contribution in [0, 0.1) is 6.92 Å². The third kappa shape index (κ3) is 5.19. The van der Waals surface area contributed by atoms with Crippen molar-refractivity contribution < 1.29 is 13.2 Å². The van der Waals surface area contributed by atoms with Crippen LogP contribution in [0.5, 0.6) is 11.5 Å². The number of anilines is 2. The maximum atomic E-state index is 11.7. The van der Waals surface area contributed by atoms with Gasteiger partial charge in [0.05, 0.1) is 4.90 Å². The Balaban J connectivity index is 1.58. The van der Waals surface area contributed by atoms with E-state index in [4.69, 9.17) is 4.74 Å². The van der Waals surface area contributed by atoms with E-state index < -0.39 is 9.84 Å². The van der Waals surface area contributed by atoms with Crippen LogP contribution in [-0.4, -0.2) is 32.2 Å². The lowest BCUT2D eigenvalue weighted by atomic mass is 10.0. The molecule has 30 heavy (non-hydrogen) atoms. The zero-order valence-electron chi connectivity index (χ0n) is 17.0. The highest BCUT2D eigenvalue weighted by molar-refractivity contribution is 7.90. The van der Waals surface area contributed by atoms with E-state index in [9.17, 15) is 8.42 Å². The summed E-state index contributed by atoms with van der Waals surface area (Å²) in [4.78, 5) is 5.82. The molecule has 0 bridgehead atoms. The fraction of sp³-hybridized carbons (Fsp3) is 0.318. The number of aromatic nitrogens is 1. The SMILES string of the molecule is Cc1cnc(Nc2ccc(Oc3ccc(S(C)(=O)=O)cc3)c(CC3CCCN3)c2)s1. The second-order valence-electron chi connectivity index (χ2n) is 7.57. The molecule has 1 saturated heterocycles. The van der Waals surface area contributed by atoms with Gasteiger partial charge in [0.15, 0.2) is 15.0 Å². The predicted molar refractivity (Wildman–Crippen MR) is 121 cm³/mol. The van der Waals surface area contributed by atoms with E-state index in [1.807, 2.05) is 25.3 Å². The molecule has 1 fully saturated rings. The van der Waals surface area contributed by atoms with Crippen LogP contribution in [0.2, 0.25) is 0 Å². The van der Waals surface area contributed by atoms with Gasteiger partial charge in [-0.25, -0.2) is 13.4 Å². The molecule has 0 saturated carbocycles. The van der Waals surface area contributed by atoms with E-state index in [1.54, 1.807) is 35.6 Å². The largest absolute Gasteiger partial charge is 0.457 e. The summed E-state index contributed by atoms with van der Waals surface area (Å²) in [6, 6.07) is 13.0. The molecule has 2 N–H and O–H groups in total. The minimum atomic E-state index is -3.23. The van der Waals surface area contributed by atoms with Crippen molar-refractivity contribution in [2.45, 2.75) is 37.1 Å². The number of sulfone groups is 1. The maximum Gasteiger partial charge on any atom is 0.187 e. The fourth-order valence-electron chi connectivity index (χ4n) is 3.53. The van der Waals surface area contributed by atoms with Gasteiger partial charge in [0, 0.05) is 29.1 Å². The first-order valence-electron chi connectivity index (χ1n) is 9.90. The molecule has 6 nitrogen and oxygen atoms in total. The normalized spacial score (nSPS) is 16.5. The van der Waals surface area contributed by atoms with Gasteiger partial charge in [-0.05, 0) is 80.8 Å². The lowest BCUT2D eigenvalue weighted by Gasteiger charge is -2.17. The summed E-state index contributed by atoms with van der Waals surface area (Å²) in [6.07, 6.45) is 6.25. The highest BCUT2D eigenvalue weighted by Gasteiger charge is 2.18. The van der Waals surface area contributed by atoms with Crippen LogP contribution in [0.3, 0.4) is 0 Å². The van der Waals surface area contributed by atoms with Crippen molar-refractivity contribution in [3.63, 3.8) is 0 Å².